The number of hydrogen-bond donors (Lipinski definition) is 1. The van der Waals surface area contributed by atoms with Crippen molar-refractivity contribution in [3.8, 4) is 5.88 Å². The van der Waals surface area contributed by atoms with Crippen molar-refractivity contribution < 1.29 is 9.13 Å². The van der Waals surface area contributed by atoms with E-state index in [2.05, 4.69) is 4.98 Å². The fourth-order valence-electron chi connectivity index (χ4n) is 1.31. The molecule has 4 heteroatoms. The summed E-state index contributed by atoms with van der Waals surface area (Å²) in [6.07, 6.45) is 1.61. The Morgan fingerprint density at radius 3 is 2.75 bits per heavy atom. The summed E-state index contributed by atoms with van der Waals surface area (Å²) in [6, 6.07) is 9.84. The summed E-state index contributed by atoms with van der Waals surface area (Å²) in [6.45, 7) is 0.0789. The van der Waals surface area contributed by atoms with Crippen LogP contribution in [0.2, 0.25) is 0 Å². The molecule has 3 nitrogen and oxygen atoms in total. The number of aromatic nitrogens is 1. The number of pyridine rings is 1. The lowest BCUT2D eigenvalue weighted by atomic mass is 10.2. The van der Waals surface area contributed by atoms with Crippen LogP contribution in [0.25, 0.3) is 0 Å². The average Bonchev–Trinajstić information content (AvgIpc) is 2.30. The van der Waals surface area contributed by atoms with Gasteiger partial charge in [0.25, 0.3) is 0 Å². The highest BCUT2D eigenvalue weighted by Crippen LogP contribution is 2.17. The van der Waals surface area contributed by atoms with E-state index in [0.717, 1.165) is 0 Å². The molecule has 16 heavy (non-hydrogen) atoms. The van der Waals surface area contributed by atoms with Gasteiger partial charge in [0.2, 0.25) is 5.88 Å². The van der Waals surface area contributed by atoms with E-state index in [1.165, 1.54) is 6.07 Å². The zero-order valence-electron chi connectivity index (χ0n) is 8.56. The summed E-state index contributed by atoms with van der Waals surface area (Å²) in [4.78, 5) is 3.97. The Labute approximate surface area is 92.7 Å². The molecule has 1 aromatic heterocycles. The maximum atomic E-state index is 13.4. The molecule has 0 saturated heterocycles. The van der Waals surface area contributed by atoms with E-state index in [1.807, 2.05) is 0 Å². The SMILES string of the molecule is Nc1cccc(F)c1COc1ccccn1. The molecule has 0 aliphatic rings. The minimum absolute atomic E-state index is 0.0789. The second kappa shape index (κ2) is 4.61. The van der Waals surface area contributed by atoms with Gasteiger partial charge in [-0.2, -0.15) is 0 Å². The predicted molar refractivity (Wildman–Crippen MR) is 59.4 cm³/mol. The lowest BCUT2D eigenvalue weighted by molar-refractivity contribution is 0.289. The van der Waals surface area contributed by atoms with Crippen LogP contribution in [0.5, 0.6) is 5.88 Å². The van der Waals surface area contributed by atoms with Gasteiger partial charge in [-0.25, -0.2) is 9.37 Å². The number of nitrogens with zero attached hydrogens (tertiary/aromatic N) is 1. The van der Waals surface area contributed by atoms with E-state index < -0.39 is 0 Å². The second-order valence-corrected chi connectivity index (χ2v) is 3.26. The molecule has 0 amide bonds. The standard InChI is InChI=1S/C12H11FN2O/c13-10-4-3-5-11(14)9(10)8-16-12-6-1-2-7-15-12/h1-7H,8,14H2. The Bertz CT molecular complexity index is 453. The third kappa shape index (κ3) is 2.28. The second-order valence-electron chi connectivity index (χ2n) is 3.26. The van der Waals surface area contributed by atoms with Gasteiger partial charge in [0, 0.05) is 23.5 Å². The van der Waals surface area contributed by atoms with Gasteiger partial charge >= 0.3 is 0 Å². The third-order valence-corrected chi connectivity index (χ3v) is 2.16. The summed E-state index contributed by atoms with van der Waals surface area (Å²) < 4.78 is 18.7. The Balaban J connectivity index is 2.11. The summed E-state index contributed by atoms with van der Waals surface area (Å²) in [7, 11) is 0. The molecule has 2 aromatic rings. The Morgan fingerprint density at radius 2 is 2.06 bits per heavy atom. The first kappa shape index (κ1) is 10.4. The minimum atomic E-state index is -0.365. The van der Waals surface area contributed by atoms with Crippen molar-refractivity contribution in [3.63, 3.8) is 0 Å². The van der Waals surface area contributed by atoms with Crippen LogP contribution in [0.1, 0.15) is 5.56 Å². The fourth-order valence-corrected chi connectivity index (χ4v) is 1.31. The Kier molecular flexibility index (Phi) is 3.00. The van der Waals surface area contributed by atoms with Crippen LogP contribution >= 0.6 is 0 Å². The molecule has 2 N–H and O–H groups in total. The molecular weight excluding hydrogens is 207 g/mol. The quantitative estimate of drug-likeness (QED) is 0.804. The molecule has 0 radical (unpaired) electrons. The smallest absolute Gasteiger partial charge is 0.213 e. The average molecular weight is 218 g/mol. The maximum Gasteiger partial charge on any atom is 0.213 e. The van der Waals surface area contributed by atoms with E-state index in [4.69, 9.17) is 10.5 Å². The van der Waals surface area contributed by atoms with E-state index in [9.17, 15) is 4.39 Å². The lowest BCUT2D eigenvalue weighted by Crippen LogP contribution is -2.03. The third-order valence-electron chi connectivity index (χ3n) is 2.16. The van der Waals surface area contributed by atoms with Crippen molar-refractivity contribution in [2.75, 3.05) is 5.73 Å². The van der Waals surface area contributed by atoms with Crippen LogP contribution in [0, 0.1) is 5.82 Å². The number of ether oxygens (including phenoxy) is 1. The molecular formula is C12H11FN2O. The molecule has 0 spiro atoms. The van der Waals surface area contributed by atoms with Crippen LogP contribution in [0.4, 0.5) is 10.1 Å². The molecule has 0 saturated carbocycles. The first-order valence-corrected chi connectivity index (χ1v) is 4.84. The van der Waals surface area contributed by atoms with Gasteiger partial charge in [-0.05, 0) is 18.2 Å². The molecule has 0 bridgehead atoms. The molecule has 0 atom stereocenters. The monoisotopic (exact) mass is 218 g/mol. The minimum Gasteiger partial charge on any atom is -0.473 e. The lowest BCUT2D eigenvalue weighted by Gasteiger charge is -2.08. The van der Waals surface area contributed by atoms with E-state index in [-0.39, 0.29) is 12.4 Å². The fraction of sp³-hybridized carbons (Fsp3) is 0.0833. The highest BCUT2D eigenvalue weighted by atomic mass is 19.1. The van der Waals surface area contributed by atoms with Gasteiger partial charge in [-0.3, -0.25) is 0 Å². The van der Waals surface area contributed by atoms with Crippen molar-refractivity contribution in [2.45, 2.75) is 6.61 Å². The number of anilines is 1. The molecule has 82 valence electrons. The van der Waals surface area contributed by atoms with E-state index in [1.54, 1.807) is 36.5 Å². The predicted octanol–water partition coefficient (Wildman–Crippen LogP) is 2.38. The van der Waals surface area contributed by atoms with E-state index >= 15 is 0 Å². The molecule has 0 fully saturated rings. The number of halogens is 1. The topological polar surface area (TPSA) is 48.1 Å². The molecule has 1 heterocycles. The molecule has 0 aliphatic heterocycles. The summed E-state index contributed by atoms with van der Waals surface area (Å²) in [5.41, 5.74) is 6.39. The Morgan fingerprint density at radius 1 is 1.19 bits per heavy atom. The highest BCUT2D eigenvalue weighted by Gasteiger charge is 2.06. The molecule has 1 aromatic carbocycles. The zero-order chi connectivity index (χ0) is 11.4. The number of hydrogen-bond acceptors (Lipinski definition) is 3. The van der Waals surface area contributed by atoms with E-state index in [0.29, 0.717) is 17.1 Å². The highest BCUT2D eigenvalue weighted by molar-refractivity contribution is 5.46. The number of nitrogen functional groups attached to an aromatic ring is 1. The van der Waals surface area contributed by atoms with Crippen LogP contribution < -0.4 is 10.5 Å². The summed E-state index contributed by atoms with van der Waals surface area (Å²) >= 11 is 0. The Hall–Kier alpha value is -2.10. The first-order valence-electron chi connectivity index (χ1n) is 4.84. The van der Waals surface area contributed by atoms with Crippen LogP contribution in [-0.2, 0) is 6.61 Å². The van der Waals surface area contributed by atoms with Crippen molar-refractivity contribution in [1.82, 2.24) is 4.98 Å². The normalized spacial score (nSPS) is 10.1. The largest absolute Gasteiger partial charge is 0.473 e. The summed E-state index contributed by atoms with van der Waals surface area (Å²) in [5.74, 6) is 0.0843. The summed E-state index contributed by atoms with van der Waals surface area (Å²) in [5, 5.41) is 0. The number of benzene rings is 1. The molecule has 0 aliphatic carbocycles. The maximum absolute atomic E-state index is 13.4. The van der Waals surface area contributed by atoms with Gasteiger partial charge in [0.1, 0.15) is 12.4 Å². The van der Waals surface area contributed by atoms with Gasteiger partial charge in [0.15, 0.2) is 0 Å². The first-order chi connectivity index (χ1) is 7.77. The van der Waals surface area contributed by atoms with Gasteiger partial charge in [-0.15, -0.1) is 0 Å². The molecule has 0 unspecified atom stereocenters. The van der Waals surface area contributed by atoms with Crippen LogP contribution in [0.3, 0.4) is 0 Å². The zero-order valence-corrected chi connectivity index (χ0v) is 8.56. The number of rotatable bonds is 3. The molecule has 2 rings (SSSR count). The van der Waals surface area contributed by atoms with Gasteiger partial charge in [0.05, 0.1) is 0 Å². The number of nitrogens with two attached hydrogens (primary N) is 1. The van der Waals surface area contributed by atoms with Crippen molar-refractivity contribution in [3.05, 3.63) is 54.0 Å². The van der Waals surface area contributed by atoms with Crippen LogP contribution in [0.15, 0.2) is 42.6 Å². The van der Waals surface area contributed by atoms with Crippen molar-refractivity contribution >= 4 is 5.69 Å². The van der Waals surface area contributed by atoms with Crippen molar-refractivity contribution in [2.24, 2.45) is 0 Å². The van der Waals surface area contributed by atoms with Crippen LogP contribution in [-0.4, -0.2) is 4.98 Å². The van der Waals surface area contributed by atoms with Crippen molar-refractivity contribution in [1.29, 1.82) is 0 Å². The van der Waals surface area contributed by atoms with Gasteiger partial charge < -0.3 is 10.5 Å². The van der Waals surface area contributed by atoms with Gasteiger partial charge in [-0.1, -0.05) is 12.1 Å².